The maximum absolute atomic E-state index is 14.7. The Morgan fingerprint density at radius 1 is 1.05 bits per heavy atom. The van der Waals surface area contributed by atoms with Crippen LogP contribution < -0.4 is 15.4 Å². The number of rotatable bonds is 6. The van der Waals surface area contributed by atoms with Crippen LogP contribution in [0.1, 0.15) is 81.7 Å². The highest BCUT2D eigenvalue weighted by Crippen LogP contribution is 2.48. The van der Waals surface area contributed by atoms with Crippen LogP contribution in [0.25, 0.3) is 11.1 Å². The lowest BCUT2D eigenvalue weighted by Gasteiger charge is -2.35. The fourth-order valence-electron chi connectivity index (χ4n) is 7.94. The largest absolute Gasteiger partial charge is 0.390 e. The van der Waals surface area contributed by atoms with Gasteiger partial charge in [0.2, 0.25) is 28.3 Å². The molecule has 6 bridgehead atoms. The van der Waals surface area contributed by atoms with Gasteiger partial charge in [-0.15, -0.1) is 11.3 Å². The zero-order valence-corrected chi connectivity index (χ0v) is 32.4. The van der Waals surface area contributed by atoms with E-state index in [-0.39, 0.29) is 13.0 Å². The van der Waals surface area contributed by atoms with Crippen molar-refractivity contribution in [3.8, 4) is 11.1 Å². The Balaban J connectivity index is 1.14. The molecule has 55 heavy (non-hydrogen) atoms. The zero-order chi connectivity index (χ0) is 38.9. The lowest BCUT2D eigenvalue weighted by molar-refractivity contribution is -0.141. The van der Waals surface area contributed by atoms with Gasteiger partial charge in [-0.3, -0.25) is 19.1 Å². The van der Waals surface area contributed by atoms with E-state index in [1.54, 1.807) is 0 Å². The molecule has 3 amide bonds. The topological polar surface area (TPSA) is 159 Å². The van der Waals surface area contributed by atoms with Crippen molar-refractivity contribution in [2.75, 3.05) is 11.9 Å². The Morgan fingerprint density at radius 2 is 1.78 bits per heavy atom. The second-order valence-corrected chi connectivity index (χ2v) is 19.2. The van der Waals surface area contributed by atoms with Crippen LogP contribution in [0, 0.1) is 11.3 Å². The number of alkyl halides is 2. The molecule has 292 valence electrons. The van der Waals surface area contributed by atoms with Crippen LogP contribution in [-0.4, -0.2) is 83.7 Å². The van der Waals surface area contributed by atoms with Gasteiger partial charge < -0.3 is 20.4 Å². The van der Waals surface area contributed by atoms with Gasteiger partial charge in [0.15, 0.2) is 5.13 Å². The number of amides is 3. The lowest BCUT2D eigenvalue weighted by Crippen LogP contribution is -2.59. The molecule has 2 saturated carbocycles. The molecule has 3 aromatic rings. The number of carbonyl (C=O) groups is 3. The van der Waals surface area contributed by atoms with Gasteiger partial charge in [0.05, 0.1) is 23.4 Å². The molecular formula is C39H44F2N6O6S2. The normalized spacial score (nSPS) is 27.4. The highest BCUT2D eigenvalue weighted by atomic mass is 32.2. The van der Waals surface area contributed by atoms with Gasteiger partial charge in [-0.1, -0.05) is 62.3 Å². The summed E-state index contributed by atoms with van der Waals surface area (Å²) in [6, 6.07) is 12.1. The molecule has 16 heteroatoms. The Morgan fingerprint density at radius 3 is 2.49 bits per heavy atom. The molecule has 5 atom stereocenters. The number of aromatic nitrogens is 1. The summed E-state index contributed by atoms with van der Waals surface area (Å²) in [5.41, 5.74) is 3.70. The van der Waals surface area contributed by atoms with Crippen molar-refractivity contribution in [2.24, 2.45) is 16.5 Å². The van der Waals surface area contributed by atoms with Crippen molar-refractivity contribution in [3.63, 3.8) is 0 Å². The van der Waals surface area contributed by atoms with Crippen molar-refractivity contribution in [2.45, 2.75) is 108 Å². The van der Waals surface area contributed by atoms with Crippen molar-refractivity contribution in [1.82, 2.24) is 19.9 Å². The number of carbonyl (C=O) groups excluding carboxylic acids is 3. The van der Waals surface area contributed by atoms with Gasteiger partial charge in [0.25, 0.3) is 5.91 Å². The Labute approximate surface area is 322 Å². The molecule has 5 aliphatic rings. The minimum atomic E-state index is -4.09. The maximum atomic E-state index is 14.7. The molecule has 2 aliphatic heterocycles. The minimum absolute atomic E-state index is 0.0570. The monoisotopic (exact) mass is 794 g/mol. The van der Waals surface area contributed by atoms with Gasteiger partial charge in [-0.2, -0.15) is 0 Å². The zero-order valence-electron chi connectivity index (χ0n) is 30.8. The molecule has 3 N–H and O–H groups in total. The van der Waals surface area contributed by atoms with Crippen LogP contribution in [0.4, 0.5) is 13.9 Å². The summed E-state index contributed by atoms with van der Waals surface area (Å²) < 4.78 is 55.6. The predicted octanol–water partition coefficient (Wildman–Crippen LogP) is 5.02. The van der Waals surface area contributed by atoms with Crippen molar-refractivity contribution < 1.29 is 36.4 Å². The summed E-state index contributed by atoms with van der Waals surface area (Å²) in [5, 5.41) is 12.2. The molecule has 12 nitrogen and oxygen atoms in total. The number of halogens is 2. The average molecular weight is 795 g/mol. The average Bonchev–Trinajstić information content (AvgIpc) is 4.00. The molecule has 1 aromatic heterocycles. The first kappa shape index (κ1) is 37.5. The second kappa shape index (κ2) is 13.9. The quantitative estimate of drug-likeness (QED) is 0.246. The number of anilines is 1. The van der Waals surface area contributed by atoms with E-state index in [0.29, 0.717) is 23.7 Å². The SMILES string of the molecule is CC(C)(C)[C@@H]1Nc2nc(cs2)CCCCc2ccc3c(c2)/C(=N\O[C@@H]2C[C@@H](C(=O)N[C@]4(C(=O)NS(=O)(=O)C5CC5)C[C@H]4C(F)F)N(C2)C1=O)c1ccccc1-3. The van der Waals surface area contributed by atoms with Crippen molar-refractivity contribution in [3.05, 3.63) is 70.2 Å². The third kappa shape index (κ3) is 7.23. The number of aryl methyl sites for hydroxylation is 2. The van der Waals surface area contributed by atoms with Crippen LogP contribution in [0.2, 0.25) is 0 Å². The number of fused-ring (bicyclic) bond motifs is 8. The summed E-state index contributed by atoms with van der Waals surface area (Å²) in [6.45, 7) is 5.60. The third-order valence-corrected chi connectivity index (χ3v) is 13.9. The molecule has 1 saturated heterocycles. The van der Waals surface area contributed by atoms with Gasteiger partial charge in [-0.25, -0.2) is 22.2 Å². The fourth-order valence-corrected chi connectivity index (χ4v) is 10.1. The number of nitrogens with one attached hydrogen (secondary N) is 3. The van der Waals surface area contributed by atoms with Gasteiger partial charge >= 0.3 is 0 Å². The summed E-state index contributed by atoms with van der Waals surface area (Å²) in [4.78, 5) is 54.7. The van der Waals surface area contributed by atoms with E-state index in [0.717, 1.165) is 59.2 Å². The van der Waals surface area contributed by atoms with Crippen LogP contribution >= 0.6 is 11.3 Å². The van der Waals surface area contributed by atoms with Crippen molar-refractivity contribution >= 4 is 49.9 Å². The van der Waals surface area contributed by atoms with E-state index in [9.17, 15) is 31.6 Å². The number of thiazole rings is 1. The second-order valence-electron chi connectivity index (χ2n) is 16.4. The Hall–Kier alpha value is -4.44. The van der Waals surface area contributed by atoms with Crippen LogP contribution in [0.3, 0.4) is 0 Å². The van der Waals surface area contributed by atoms with Gasteiger partial charge in [0.1, 0.15) is 29.4 Å². The van der Waals surface area contributed by atoms with Crippen molar-refractivity contribution in [1.29, 1.82) is 0 Å². The van der Waals surface area contributed by atoms with E-state index >= 15 is 0 Å². The van der Waals surface area contributed by atoms with Crippen LogP contribution in [0.5, 0.6) is 0 Å². The van der Waals surface area contributed by atoms with E-state index < -0.39 is 80.9 Å². The van der Waals surface area contributed by atoms with E-state index in [1.807, 2.05) is 55.1 Å². The molecular weight excluding hydrogens is 751 g/mol. The highest BCUT2D eigenvalue weighted by Gasteiger charge is 2.67. The molecule has 0 spiro atoms. The highest BCUT2D eigenvalue weighted by molar-refractivity contribution is 7.91. The lowest BCUT2D eigenvalue weighted by atomic mass is 9.85. The minimum Gasteiger partial charge on any atom is -0.390 e. The number of oxime groups is 1. The van der Waals surface area contributed by atoms with E-state index in [2.05, 4.69) is 34.0 Å². The smallest absolute Gasteiger partial charge is 0.259 e. The molecule has 2 aromatic carbocycles. The Bertz CT molecular complexity index is 2180. The Kier molecular flexibility index (Phi) is 9.50. The number of nitrogens with zero attached hydrogens (tertiary/aromatic N) is 3. The molecule has 0 radical (unpaired) electrons. The van der Waals surface area contributed by atoms with Crippen LogP contribution in [0.15, 0.2) is 53.0 Å². The molecule has 3 heterocycles. The number of sulfonamides is 1. The predicted molar refractivity (Wildman–Crippen MR) is 203 cm³/mol. The number of benzene rings is 2. The first-order chi connectivity index (χ1) is 26.1. The number of hydrogen-bond acceptors (Lipinski definition) is 10. The summed E-state index contributed by atoms with van der Waals surface area (Å²) in [6.07, 6.45) is -0.0919. The summed E-state index contributed by atoms with van der Waals surface area (Å²) >= 11 is 1.39. The molecule has 8 rings (SSSR count). The summed E-state index contributed by atoms with van der Waals surface area (Å²) in [7, 11) is -4.09. The van der Waals surface area contributed by atoms with E-state index in [1.165, 1.54) is 16.2 Å². The standard InChI is InChI=1S/C39H44F2N6O6S2/c1-38(2,3)32-35(49)47-19-23(17-30(47)34(48)44-39(18-29(39)33(40)41)36(50)46-55(51,52)24-13-14-24)53-45-31-27-11-7-6-10-25(27)26-15-12-21(16-28(26)31)8-4-5-9-22-20-54-37(42-22)43-32/h6-7,10-12,15-16,20,23-24,29-30,32-33H,4-5,8-9,13-14,17-19H2,1-3H3,(H,42,43)(H,44,48)(H,46,50)/b45-31-/t23-,29+,30+,32-,39-/m1/s1. The molecule has 3 aliphatic carbocycles. The first-order valence-corrected chi connectivity index (χ1v) is 21.2. The number of hydrogen-bond donors (Lipinski definition) is 3. The third-order valence-electron chi connectivity index (χ3n) is 11.3. The van der Waals surface area contributed by atoms with E-state index in [4.69, 9.17) is 9.82 Å². The first-order valence-electron chi connectivity index (χ1n) is 18.8. The molecule has 3 fully saturated rings. The molecule has 0 unspecified atom stereocenters. The summed E-state index contributed by atoms with van der Waals surface area (Å²) in [5.74, 6) is -4.11. The van der Waals surface area contributed by atoms with Gasteiger partial charge in [0, 0.05) is 22.9 Å². The maximum Gasteiger partial charge on any atom is 0.259 e. The van der Waals surface area contributed by atoms with Gasteiger partial charge in [-0.05, 0) is 73.1 Å². The fraction of sp³-hybridized carbons (Fsp3) is 0.513. The van der Waals surface area contributed by atoms with Crippen LogP contribution in [-0.2, 0) is 42.1 Å².